The van der Waals surface area contributed by atoms with Crippen LogP contribution in [0.3, 0.4) is 0 Å². The SMILES string of the molecule is NC1C(=O)Nc2ccccc2OC12CCOCC2. The van der Waals surface area contributed by atoms with E-state index < -0.39 is 11.6 Å². The molecule has 1 aromatic carbocycles. The van der Waals surface area contributed by atoms with Crippen LogP contribution in [0.25, 0.3) is 0 Å². The van der Waals surface area contributed by atoms with Crippen LogP contribution in [-0.2, 0) is 9.53 Å². The highest BCUT2D eigenvalue weighted by Crippen LogP contribution is 2.37. The van der Waals surface area contributed by atoms with E-state index >= 15 is 0 Å². The quantitative estimate of drug-likeness (QED) is 0.715. The van der Waals surface area contributed by atoms with Crippen molar-refractivity contribution in [3.8, 4) is 5.75 Å². The van der Waals surface area contributed by atoms with E-state index in [1.54, 1.807) is 0 Å². The highest BCUT2D eigenvalue weighted by Gasteiger charge is 2.46. The molecular weight excluding hydrogens is 232 g/mol. The van der Waals surface area contributed by atoms with Gasteiger partial charge in [-0.1, -0.05) is 12.1 Å². The third kappa shape index (κ3) is 1.76. The minimum absolute atomic E-state index is 0.193. The Morgan fingerprint density at radius 3 is 2.78 bits per heavy atom. The smallest absolute Gasteiger partial charge is 0.245 e. The summed E-state index contributed by atoms with van der Waals surface area (Å²) in [6.07, 6.45) is 1.27. The Kier molecular flexibility index (Phi) is 2.72. The lowest BCUT2D eigenvalue weighted by Crippen LogP contribution is -2.59. The third-order valence-electron chi connectivity index (χ3n) is 3.65. The van der Waals surface area contributed by atoms with Gasteiger partial charge in [-0.15, -0.1) is 0 Å². The van der Waals surface area contributed by atoms with Crippen LogP contribution in [0.5, 0.6) is 5.75 Å². The van der Waals surface area contributed by atoms with Crippen molar-refractivity contribution in [1.29, 1.82) is 0 Å². The molecule has 2 aliphatic rings. The molecule has 0 bridgehead atoms. The normalized spacial score (nSPS) is 25.8. The monoisotopic (exact) mass is 248 g/mol. The molecule has 1 saturated heterocycles. The highest BCUT2D eigenvalue weighted by molar-refractivity contribution is 5.97. The molecule has 3 N–H and O–H groups in total. The van der Waals surface area contributed by atoms with Crippen molar-refractivity contribution in [3.05, 3.63) is 24.3 Å². The van der Waals surface area contributed by atoms with Gasteiger partial charge >= 0.3 is 0 Å². The topological polar surface area (TPSA) is 73.6 Å². The summed E-state index contributed by atoms with van der Waals surface area (Å²) < 4.78 is 11.4. The van der Waals surface area contributed by atoms with Crippen LogP contribution in [0.1, 0.15) is 12.8 Å². The van der Waals surface area contributed by atoms with Crippen LogP contribution in [0.4, 0.5) is 5.69 Å². The van der Waals surface area contributed by atoms with Gasteiger partial charge in [0.1, 0.15) is 17.4 Å². The van der Waals surface area contributed by atoms with Gasteiger partial charge in [-0.25, -0.2) is 0 Å². The van der Waals surface area contributed by atoms with Crippen LogP contribution in [0, 0.1) is 0 Å². The fourth-order valence-electron chi connectivity index (χ4n) is 2.52. The Morgan fingerprint density at radius 2 is 2.00 bits per heavy atom. The molecule has 0 radical (unpaired) electrons. The molecule has 1 fully saturated rings. The largest absolute Gasteiger partial charge is 0.483 e. The molecular formula is C13H16N2O3. The summed E-state index contributed by atoms with van der Waals surface area (Å²) in [4.78, 5) is 12.1. The van der Waals surface area contributed by atoms with Gasteiger partial charge in [0.25, 0.3) is 0 Å². The number of ether oxygens (including phenoxy) is 2. The average molecular weight is 248 g/mol. The van der Waals surface area contributed by atoms with E-state index in [9.17, 15) is 4.79 Å². The van der Waals surface area contributed by atoms with E-state index in [4.69, 9.17) is 15.2 Å². The number of rotatable bonds is 0. The highest BCUT2D eigenvalue weighted by atomic mass is 16.5. The van der Waals surface area contributed by atoms with E-state index in [0.717, 1.165) is 0 Å². The zero-order chi connectivity index (χ0) is 12.6. The summed E-state index contributed by atoms with van der Waals surface area (Å²) in [5, 5.41) is 2.81. The zero-order valence-corrected chi connectivity index (χ0v) is 10.0. The maximum absolute atomic E-state index is 12.1. The number of nitrogens with one attached hydrogen (secondary N) is 1. The first-order valence-electron chi connectivity index (χ1n) is 6.13. The Morgan fingerprint density at radius 1 is 1.28 bits per heavy atom. The standard InChI is InChI=1S/C13H16N2O3/c14-11-12(16)15-9-3-1-2-4-10(9)18-13(11)5-7-17-8-6-13/h1-4,11H,5-8,14H2,(H,15,16). The van der Waals surface area contributed by atoms with Crippen molar-refractivity contribution in [2.45, 2.75) is 24.5 Å². The number of carbonyl (C=O) groups is 1. The lowest BCUT2D eigenvalue weighted by Gasteiger charge is -2.39. The van der Waals surface area contributed by atoms with Crippen LogP contribution < -0.4 is 15.8 Å². The number of hydrogen-bond acceptors (Lipinski definition) is 4. The summed E-state index contributed by atoms with van der Waals surface area (Å²) in [7, 11) is 0. The molecule has 18 heavy (non-hydrogen) atoms. The minimum atomic E-state index is -0.672. The second kappa shape index (κ2) is 4.26. The van der Waals surface area contributed by atoms with Crippen LogP contribution in [0.2, 0.25) is 0 Å². The number of hydrogen-bond donors (Lipinski definition) is 2. The van der Waals surface area contributed by atoms with Crippen molar-refractivity contribution < 1.29 is 14.3 Å². The molecule has 0 saturated carbocycles. The summed E-state index contributed by atoms with van der Waals surface area (Å²) in [5.41, 5.74) is 6.11. The zero-order valence-electron chi connectivity index (χ0n) is 10.0. The third-order valence-corrected chi connectivity index (χ3v) is 3.65. The second-order valence-electron chi connectivity index (χ2n) is 4.74. The molecule has 3 rings (SSSR count). The van der Waals surface area contributed by atoms with Gasteiger partial charge in [0.05, 0.1) is 18.9 Å². The van der Waals surface area contributed by atoms with Gasteiger partial charge in [0, 0.05) is 12.8 Å². The predicted molar refractivity (Wildman–Crippen MR) is 66.5 cm³/mol. The molecule has 2 heterocycles. The Labute approximate surface area is 105 Å². The number of anilines is 1. The predicted octanol–water partition coefficient (Wildman–Crippen LogP) is 0.894. The lowest BCUT2D eigenvalue weighted by molar-refractivity contribution is -0.125. The number of para-hydroxylation sites is 2. The van der Waals surface area contributed by atoms with Crippen molar-refractivity contribution in [2.24, 2.45) is 5.73 Å². The molecule has 1 amide bonds. The van der Waals surface area contributed by atoms with E-state index in [2.05, 4.69) is 5.32 Å². The molecule has 5 heteroatoms. The first-order valence-corrected chi connectivity index (χ1v) is 6.13. The number of carbonyl (C=O) groups excluding carboxylic acids is 1. The van der Waals surface area contributed by atoms with Crippen molar-refractivity contribution in [3.63, 3.8) is 0 Å². The molecule has 1 atom stereocenters. The second-order valence-corrected chi connectivity index (χ2v) is 4.74. The molecule has 96 valence electrons. The number of fused-ring (bicyclic) bond motifs is 1. The number of benzene rings is 1. The maximum atomic E-state index is 12.1. The molecule has 2 aliphatic heterocycles. The molecule has 0 aromatic heterocycles. The van der Waals surface area contributed by atoms with E-state index in [-0.39, 0.29) is 5.91 Å². The average Bonchev–Trinajstić information content (AvgIpc) is 2.49. The summed E-state index contributed by atoms with van der Waals surface area (Å²) in [6.45, 7) is 1.15. The Hall–Kier alpha value is -1.59. The fraction of sp³-hybridized carbons (Fsp3) is 0.462. The van der Waals surface area contributed by atoms with Crippen molar-refractivity contribution in [2.75, 3.05) is 18.5 Å². The van der Waals surface area contributed by atoms with Crippen LogP contribution in [-0.4, -0.2) is 30.8 Å². The number of nitrogens with two attached hydrogens (primary N) is 1. The van der Waals surface area contributed by atoms with Gasteiger partial charge < -0.3 is 20.5 Å². The lowest BCUT2D eigenvalue weighted by atomic mass is 9.86. The van der Waals surface area contributed by atoms with Crippen LogP contribution in [0.15, 0.2) is 24.3 Å². The summed E-state index contributed by atoms with van der Waals surface area (Å²) >= 11 is 0. The van der Waals surface area contributed by atoms with E-state index in [1.807, 2.05) is 24.3 Å². The van der Waals surface area contributed by atoms with E-state index in [1.165, 1.54) is 0 Å². The van der Waals surface area contributed by atoms with Crippen molar-refractivity contribution >= 4 is 11.6 Å². The first-order chi connectivity index (χ1) is 8.71. The van der Waals surface area contributed by atoms with Gasteiger partial charge in [0.2, 0.25) is 5.91 Å². The number of amides is 1. The molecule has 1 spiro atoms. The summed E-state index contributed by atoms with van der Waals surface area (Å²) in [6, 6.07) is 6.74. The molecule has 1 unspecified atom stereocenters. The van der Waals surface area contributed by atoms with Gasteiger partial charge in [-0.3, -0.25) is 4.79 Å². The molecule has 0 aliphatic carbocycles. The van der Waals surface area contributed by atoms with Gasteiger partial charge in [-0.2, -0.15) is 0 Å². The molecule has 5 nitrogen and oxygen atoms in total. The Balaban J connectivity index is 2.02. The minimum Gasteiger partial charge on any atom is -0.483 e. The Bertz CT molecular complexity index is 469. The maximum Gasteiger partial charge on any atom is 0.245 e. The fourth-order valence-corrected chi connectivity index (χ4v) is 2.52. The van der Waals surface area contributed by atoms with Gasteiger partial charge in [-0.05, 0) is 12.1 Å². The van der Waals surface area contributed by atoms with Gasteiger partial charge in [0.15, 0.2) is 0 Å². The molecule has 1 aromatic rings. The van der Waals surface area contributed by atoms with Crippen molar-refractivity contribution in [1.82, 2.24) is 0 Å². The van der Waals surface area contributed by atoms with E-state index in [0.29, 0.717) is 37.5 Å². The summed E-state index contributed by atoms with van der Waals surface area (Å²) in [5.74, 6) is 0.488. The van der Waals surface area contributed by atoms with Crippen LogP contribution >= 0.6 is 0 Å². The first kappa shape index (κ1) is 11.5.